The van der Waals surface area contributed by atoms with Crippen molar-refractivity contribution in [2.24, 2.45) is 5.92 Å². The minimum atomic E-state index is 0.789. The summed E-state index contributed by atoms with van der Waals surface area (Å²) in [5.41, 5.74) is 0. The second-order valence-electron chi connectivity index (χ2n) is 5.27. The van der Waals surface area contributed by atoms with E-state index in [0.29, 0.717) is 0 Å². The number of rotatable bonds is 4. The quantitative estimate of drug-likeness (QED) is 0.735. The molecule has 0 spiro atoms. The Kier molecular flexibility index (Phi) is 4.00. The predicted octanol–water partition coefficient (Wildman–Crippen LogP) is 0.622. The highest BCUT2D eigenvalue weighted by atomic mass is 15.2. The van der Waals surface area contributed by atoms with Crippen molar-refractivity contribution in [1.29, 1.82) is 0 Å². The van der Waals surface area contributed by atoms with Crippen molar-refractivity contribution < 1.29 is 0 Å². The molecule has 1 atom stereocenters. The van der Waals surface area contributed by atoms with Crippen LogP contribution in [0.15, 0.2) is 0 Å². The number of likely N-dealkylation sites (N-methyl/N-ethyl adjacent to an activating group) is 1. The number of nitrogens with one attached hydrogen (secondary N) is 1. The Morgan fingerprint density at radius 2 is 1.93 bits per heavy atom. The summed E-state index contributed by atoms with van der Waals surface area (Å²) in [5, 5.41) is 3.42. The third-order valence-electron chi connectivity index (χ3n) is 4.01. The van der Waals surface area contributed by atoms with E-state index in [2.05, 4.69) is 29.2 Å². The van der Waals surface area contributed by atoms with Crippen LogP contribution in [0.1, 0.15) is 19.3 Å². The molecule has 1 N–H and O–H groups in total. The Hall–Kier alpha value is -0.120. The average Bonchev–Trinajstić information content (AvgIpc) is 2.15. The molecule has 88 valence electrons. The summed E-state index contributed by atoms with van der Waals surface area (Å²) in [7, 11) is 4.48. The van der Waals surface area contributed by atoms with Crippen LogP contribution in [-0.4, -0.2) is 62.7 Å². The van der Waals surface area contributed by atoms with E-state index in [4.69, 9.17) is 0 Å². The molecule has 1 aliphatic heterocycles. The fraction of sp³-hybridized carbons (Fsp3) is 1.00. The molecule has 2 aliphatic rings. The molecular weight excluding hydrogens is 186 g/mol. The Labute approximate surface area is 93.8 Å². The smallest absolute Gasteiger partial charge is 0.0245 e. The van der Waals surface area contributed by atoms with Gasteiger partial charge in [0.2, 0.25) is 0 Å². The lowest BCUT2D eigenvalue weighted by Crippen LogP contribution is -2.52. The monoisotopic (exact) mass is 211 g/mol. The van der Waals surface area contributed by atoms with Crippen LogP contribution in [0.2, 0.25) is 0 Å². The summed E-state index contributed by atoms with van der Waals surface area (Å²) in [5.74, 6) is 0.967. The van der Waals surface area contributed by atoms with Gasteiger partial charge in [-0.1, -0.05) is 6.42 Å². The van der Waals surface area contributed by atoms with Crippen molar-refractivity contribution in [2.45, 2.75) is 25.3 Å². The zero-order chi connectivity index (χ0) is 10.7. The number of hydrogen-bond donors (Lipinski definition) is 1. The zero-order valence-corrected chi connectivity index (χ0v) is 10.2. The van der Waals surface area contributed by atoms with Crippen molar-refractivity contribution in [1.82, 2.24) is 15.1 Å². The minimum absolute atomic E-state index is 0.789. The van der Waals surface area contributed by atoms with Crippen molar-refractivity contribution in [3.8, 4) is 0 Å². The molecule has 0 aromatic heterocycles. The topological polar surface area (TPSA) is 18.5 Å². The molecular formula is C12H25N3. The van der Waals surface area contributed by atoms with Gasteiger partial charge >= 0.3 is 0 Å². The van der Waals surface area contributed by atoms with E-state index in [1.807, 2.05) is 0 Å². The number of nitrogens with zero attached hydrogens (tertiary/aromatic N) is 2. The van der Waals surface area contributed by atoms with Crippen LogP contribution < -0.4 is 5.32 Å². The van der Waals surface area contributed by atoms with E-state index >= 15 is 0 Å². The van der Waals surface area contributed by atoms with Gasteiger partial charge in [-0.25, -0.2) is 0 Å². The SMILES string of the molecule is CN(C)C(CN1CCNCC1)C1CCC1. The summed E-state index contributed by atoms with van der Waals surface area (Å²) >= 11 is 0. The molecule has 0 aromatic carbocycles. The molecule has 0 radical (unpaired) electrons. The molecule has 1 aliphatic carbocycles. The molecule has 2 fully saturated rings. The first-order valence-corrected chi connectivity index (χ1v) is 6.37. The number of piperazine rings is 1. The lowest BCUT2D eigenvalue weighted by molar-refractivity contribution is 0.0903. The first-order valence-electron chi connectivity index (χ1n) is 6.37. The van der Waals surface area contributed by atoms with Crippen molar-refractivity contribution in [2.75, 3.05) is 46.8 Å². The fourth-order valence-corrected chi connectivity index (χ4v) is 2.72. The van der Waals surface area contributed by atoms with Gasteiger partial charge in [0.05, 0.1) is 0 Å². The van der Waals surface area contributed by atoms with Gasteiger partial charge in [0.15, 0.2) is 0 Å². The highest BCUT2D eigenvalue weighted by molar-refractivity contribution is 4.86. The fourth-order valence-electron chi connectivity index (χ4n) is 2.72. The Balaban J connectivity index is 1.81. The summed E-state index contributed by atoms with van der Waals surface area (Å²) in [6.45, 7) is 6.09. The van der Waals surface area contributed by atoms with E-state index in [1.165, 1.54) is 52.0 Å². The third-order valence-corrected chi connectivity index (χ3v) is 4.01. The molecule has 2 rings (SSSR count). The minimum Gasteiger partial charge on any atom is -0.314 e. The largest absolute Gasteiger partial charge is 0.314 e. The molecule has 1 saturated heterocycles. The summed E-state index contributed by atoms with van der Waals surface area (Å²) in [4.78, 5) is 5.06. The highest BCUT2D eigenvalue weighted by Gasteiger charge is 2.30. The molecule has 0 bridgehead atoms. The van der Waals surface area contributed by atoms with Crippen LogP contribution in [0.3, 0.4) is 0 Å². The molecule has 1 saturated carbocycles. The van der Waals surface area contributed by atoms with Gasteiger partial charge in [-0.05, 0) is 32.9 Å². The van der Waals surface area contributed by atoms with Gasteiger partial charge in [-0.3, -0.25) is 4.90 Å². The predicted molar refractivity (Wildman–Crippen MR) is 64.1 cm³/mol. The van der Waals surface area contributed by atoms with Crippen molar-refractivity contribution >= 4 is 0 Å². The third kappa shape index (κ3) is 2.92. The van der Waals surface area contributed by atoms with Gasteiger partial charge in [-0.2, -0.15) is 0 Å². The van der Waals surface area contributed by atoms with E-state index in [-0.39, 0.29) is 0 Å². The molecule has 0 aromatic rings. The van der Waals surface area contributed by atoms with Crippen LogP contribution in [-0.2, 0) is 0 Å². The van der Waals surface area contributed by atoms with Gasteiger partial charge in [0, 0.05) is 38.8 Å². The normalized spacial score (nSPS) is 26.6. The standard InChI is InChI=1S/C12H25N3/c1-14(2)12(11-4-3-5-11)10-15-8-6-13-7-9-15/h11-13H,3-10H2,1-2H3. The maximum absolute atomic E-state index is 3.42. The summed E-state index contributed by atoms with van der Waals surface area (Å²) in [6.07, 6.45) is 4.36. The molecule has 3 heteroatoms. The number of hydrogen-bond acceptors (Lipinski definition) is 3. The second kappa shape index (κ2) is 5.28. The summed E-state index contributed by atoms with van der Waals surface area (Å²) in [6, 6.07) is 0.789. The molecule has 3 nitrogen and oxygen atoms in total. The van der Waals surface area contributed by atoms with E-state index in [9.17, 15) is 0 Å². The van der Waals surface area contributed by atoms with E-state index < -0.39 is 0 Å². The molecule has 1 unspecified atom stereocenters. The van der Waals surface area contributed by atoms with Crippen LogP contribution in [0, 0.1) is 5.92 Å². The maximum Gasteiger partial charge on any atom is 0.0245 e. The summed E-state index contributed by atoms with van der Waals surface area (Å²) < 4.78 is 0. The van der Waals surface area contributed by atoms with Gasteiger partial charge in [0.25, 0.3) is 0 Å². The maximum atomic E-state index is 3.42. The first-order chi connectivity index (χ1) is 7.27. The van der Waals surface area contributed by atoms with E-state index in [1.54, 1.807) is 0 Å². The van der Waals surface area contributed by atoms with Gasteiger partial charge in [0.1, 0.15) is 0 Å². The molecule has 0 amide bonds. The van der Waals surface area contributed by atoms with Gasteiger partial charge in [-0.15, -0.1) is 0 Å². The van der Waals surface area contributed by atoms with E-state index in [0.717, 1.165) is 12.0 Å². The molecule has 1 heterocycles. The second-order valence-corrected chi connectivity index (χ2v) is 5.27. The van der Waals surface area contributed by atoms with Crippen molar-refractivity contribution in [3.63, 3.8) is 0 Å². The zero-order valence-electron chi connectivity index (χ0n) is 10.2. The van der Waals surface area contributed by atoms with Crippen LogP contribution >= 0.6 is 0 Å². The van der Waals surface area contributed by atoms with Crippen LogP contribution in [0.5, 0.6) is 0 Å². The Bertz CT molecular complexity index is 183. The molecule has 15 heavy (non-hydrogen) atoms. The van der Waals surface area contributed by atoms with Crippen LogP contribution in [0.4, 0.5) is 0 Å². The Morgan fingerprint density at radius 3 is 2.40 bits per heavy atom. The highest BCUT2D eigenvalue weighted by Crippen LogP contribution is 2.31. The first kappa shape index (κ1) is 11.4. The average molecular weight is 211 g/mol. The van der Waals surface area contributed by atoms with Crippen LogP contribution in [0.25, 0.3) is 0 Å². The van der Waals surface area contributed by atoms with Crippen molar-refractivity contribution in [3.05, 3.63) is 0 Å². The lowest BCUT2D eigenvalue weighted by Gasteiger charge is -2.41. The Morgan fingerprint density at radius 1 is 1.27 bits per heavy atom. The lowest BCUT2D eigenvalue weighted by atomic mass is 9.79. The van der Waals surface area contributed by atoms with Gasteiger partial charge < -0.3 is 10.2 Å².